The van der Waals surface area contributed by atoms with Crippen LogP contribution >= 0.6 is 11.3 Å². The summed E-state index contributed by atoms with van der Waals surface area (Å²) in [4.78, 5) is 28.3. The molecule has 21 heavy (non-hydrogen) atoms. The fraction of sp³-hybridized carbons (Fsp3) is 0.400. The molecule has 1 aromatic carbocycles. The van der Waals surface area contributed by atoms with E-state index in [4.69, 9.17) is 4.74 Å². The molecular formula is C15H18N2O3S. The molecule has 0 radical (unpaired) electrons. The molecule has 0 aliphatic heterocycles. The quantitative estimate of drug-likeness (QED) is 0.815. The van der Waals surface area contributed by atoms with Crippen LogP contribution in [-0.2, 0) is 20.9 Å². The van der Waals surface area contributed by atoms with Gasteiger partial charge < -0.3 is 9.30 Å². The van der Waals surface area contributed by atoms with Crippen molar-refractivity contribution in [2.45, 2.75) is 27.3 Å². The molecule has 0 spiro atoms. The van der Waals surface area contributed by atoms with E-state index in [0.717, 1.165) is 10.2 Å². The lowest BCUT2D eigenvalue weighted by atomic mass is 10.2. The number of benzene rings is 1. The first-order valence-electron chi connectivity index (χ1n) is 6.85. The van der Waals surface area contributed by atoms with Gasteiger partial charge in [0.1, 0.15) is 6.54 Å². The normalized spacial score (nSPS) is 12.1. The molecule has 0 unspecified atom stereocenters. The summed E-state index contributed by atoms with van der Waals surface area (Å²) in [6.07, 6.45) is 0. The summed E-state index contributed by atoms with van der Waals surface area (Å²) in [5.41, 5.74) is 0.880. The summed E-state index contributed by atoms with van der Waals surface area (Å²) in [5.74, 6) is -0.704. The number of thiazole rings is 1. The van der Waals surface area contributed by atoms with E-state index in [1.54, 1.807) is 25.3 Å². The Hall–Kier alpha value is -1.95. The van der Waals surface area contributed by atoms with Crippen molar-refractivity contribution in [1.29, 1.82) is 0 Å². The molecule has 0 aliphatic rings. The highest BCUT2D eigenvalue weighted by Gasteiger charge is 2.12. The molecule has 2 rings (SSSR count). The monoisotopic (exact) mass is 306 g/mol. The lowest BCUT2D eigenvalue weighted by molar-refractivity contribution is -0.143. The third-order valence-corrected chi connectivity index (χ3v) is 3.94. The number of carbonyl (C=O) groups excluding carboxylic acids is 2. The van der Waals surface area contributed by atoms with E-state index in [1.807, 2.05) is 24.3 Å². The predicted molar refractivity (Wildman–Crippen MR) is 81.9 cm³/mol. The van der Waals surface area contributed by atoms with E-state index in [0.29, 0.717) is 11.4 Å². The molecule has 2 aromatic rings. The van der Waals surface area contributed by atoms with E-state index < -0.39 is 0 Å². The van der Waals surface area contributed by atoms with Crippen LogP contribution in [0, 0.1) is 5.92 Å². The van der Waals surface area contributed by atoms with Crippen LogP contribution in [0.2, 0.25) is 0 Å². The zero-order valence-corrected chi connectivity index (χ0v) is 13.1. The number of nitrogens with zero attached hydrogens (tertiary/aromatic N) is 2. The van der Waals surface area contributed by atoms with Gasteiger partial charge in [-0.2, -0.15) is 4.99 Å². The molecule has 0 fully saturated rings. The Morgan fingerprint density at radius 3 is 2.71 bits per heavy atom. The molecule has 0 saturated carbocycles. The summed E-state index contributed by atoms with van der Waals surface area (Å²) >= 11 is 1.40. The molecule has 0 atom stereocenters. The first kappa shape index (κ1) is 15.4. The number of rotatable bonds is 4. The number of esters is 1. The number of hydrogen-bond acceptors (Lipinski definition) is 4. The molecule has 5 nitrogen and oxygen atoms in total. The van der Waals surface area contributed by atoms with Crippen LogP contribution in [0.3, 0.4) is 0 Å². The fourth-order valence-electron chi connectivity index (χ4n) is 1.82. The molecule has 1 amide bonds. The minimum Gasteiger partial charge on any atom is -0.465 e. The van der Waals surface area contributed by atoms with Crippen molar-refractivity contribution >= 4 is 33.4 Å². The van der Waals surface area contributed by atoms with E-state index >= 15 is 0 Å². The van der Waals surface area contributed by atoms with Gasteiger partial charge in [-0.15, -0.1) is 0 Å². The van der Waals surface area contributed by atoms with Crippen molar-refractivity contribution in [2.75, 3.05) is 6.61 Å². The van der Waals surface area contributed by atoms with E-state index in [1.165, 1.54) is 11.3 Å². The number of para-hydroxylation sites is 1. The fourth-order valence-corrected chi connectivity index (χ4v) is 2.85. The van der Waals surface area contributed by atoms with Gasteiger partial charge in [0.15, 0.2) is 4.80 Å². The summed E-state index contributed by atoms with van der Waals surface area (Å²) in [6.45, 7) is 5.76. The molecule has 112 valence electrons. The second-order valence-electron chi connectivity index (χ2n) is 4.85. The predicted octanol–water partition coefficient (Wildman–Crippen LogP) is 2.35. The maximum Gasteiger partial charge on any atom is 0.326 e. The van der Waals surface area contributed by atoms with Gasteiger partial charge in [-0.05, 0) is 19.1 Å². The van der Waals surface area contributed by atoms with Crippen molar-refractivity contribution in [3.05, 3.63) is 29.1 Å². The molecule has 1 heterocycles. The Kier molecular flexibility index (Phi) is 4.90. The first-order chi connectivity index (χ1) is 10.0. The number of hydrogen-bond donors (Lipinski definition) is 0. The van der Waals surface area contributed by atoms with Crippen molar-refractivity contribution in [3.8, 4) is 0 Å². The van der Waals surface area contributed by atoms with Gasteiger partial charge in [0.2, 0.25) is 0 Å². The highest BCUT2D eigenvalue weighted by atomic mass is 32.1. The molecule has 0 N–H and O–H groups in total. The number of carbonyl (C=O) groups is 2. The van der Waals surface area contributed by atoms with E-state index in [2.05, 4.69) is 4.99 Å². The van der Waals surface area contributed by atoms with Crippen LogP contribution in [0.5, 0.6) is 0 Å². The second kappa shape index (κ2) is 6.67. The van der Waals surface area contributed by atoms with Gasteiger partial charge in [0, 0.05) is 5.92 Å². The third kappa shape index (κ3) is 3.58. The summed E-state index contributed by atoms with van der Waals surface area (Å²) in [7, 11) is 0. The van der Waals surface area contributed by atoms with Crippen LogP contribution in [0.1, 0.15) is 20.8 Å². The van der Waals surface area contributed by atoms with Gasteiger partial charge in [-0.3, -0.25) is 9.59 Å². The summed E-state index contributed by atoms with van der Waals surface area (Å²) in [5, 5.41) is 0. The van der Waals surface area contributed by atoms with Gasteiger partial charge in [0.25, 0.3) is 5.91 Å². The zero-order valence-electron chi connectivity index (χ0n) is 12.3. The van der Waals surface area contributed by atoms with Gasteiger partial charge in [-0.1, -0.05) is 37.3 Å². The number of ether oxygens (including phenoxy) is 1. The topological polar surface area (TPSA) is 60.7 Å². The zero-order chi connectivity index (χ0) is 15.4. The lowest BCUT2D eigenvalue weighted by Crippen LogP contribution is -2.23. The van der Waals surface area contributed by atoms with Crippen LogP contribution in [-0.4, -0.2) is 23.1 Å². The smallest absolute Gasteiger partial charge is 0.326 e. The SMILES string of the molecule is CCOC(=O)Cn1c(=NC(=O)C(C)C)sc2ccccc21. The lowest BCUT2D eigenvalue weighted by Gasteiger charge is -2.05. The Morgan fingerprint density at radius 1 is 1.33 bits per heavy atom. The average Bonchev–Trinajstić information content (AvgIpc) is 2.77. The molecule has 6 heteroatoms. The summed E-state index contributed by atoms with van der Waals surface area (Å²) < 4.78 is 7.71. The minimum atomic E-state index is -0.334. The maximum absolute atomic E-state index is 11.9. The van der Waals surface area contributed by atoms with Crippen molar-refractivity contribution < 1.29 is 14.3 Å². The highest BCUT2D eigenvalue weighted by molar-refractivity contribution is 7.16. The Morgan fingerprint density at radius 2 is 2.05 bits per heavy atom. The Balaban J connectivity index is 2.53. The van der Waals surface area contributed by atoms with Crippen molar-refractivity contribution in [3.63, 3.8) is 0 Å². The maximum atomic E-state index is 11.9. The highest BCUT2D eigenvalue weighted by Crippen LogP contribution is 2.16. The number of fused-ring (bicyclic) bond motifs is 1. The van der Waals surface area contributed by atoms with E-state index in [9.17, 15) is 9.59 Å². The Bertz CT molecular complexity index is 728. The third-order valence-electron chi connectivity index (χ3n) is 2.88. The average molecular weight is 306 g/mol. The van der Waals surface area contributed by atoms with Crippen LogP contribution in [0.4, 0.5) is 0 Å². The standard InChI is InChI=1S/C15H18N2O3S/c1-4-20-13(18)9-17-11-7-5-6-8-12(11)21-15(17)16-14(19)10(2)3/h5-8,10H,4,9H2,1-3H3. The van der Waals surface area contributed by atoms with Crippen LogP contribution in [0.15, 0.2) is 29.3 Å². The molecule has 1 aromatic heterocycles. The van der Waals surface area contributed by atoms with Gasteiger partial charge in [0.05, 0.1) is 16.8 Å². The largest absolute Gasteiger partial charge is 0.465 e. The molecule has 0 saturated heterocycles. The van der Waals surface area contributed by atoms with Gasteiger partial charge in [-0.25, -0.2) is 0 Å². The van der Waals surface area contributed by atoms with Crippen molar-refractivity contribution in [2.24, 2.45) is 10.9 Å². The summed E-state index contributed by atoms with van der Waals surface area (Å²) in [6, 6.07) is 7.66. The van der Waals surface area contributed by atoms with Crippen LogP contribution < -0.4 is 4.80 Å². The van der Waals surface area contributed by atoms with E-state index in [-0.39, 0.29) is 24.3 Å². The minimum absolute atomic E-state index is 0.0576. The van der Waals surface area contributed by atoms with Crippen molar-refractivity contribution in [1.82, 2.24) is 4.57 Å². The molecule has 0 bridgehead atoms. The second-order valence-corrected chi connectivity index (χ2v) is 5.86. The Labute approximate surface area is 126 Å². The number of amides is 1. The molecular weight excluding hydrogens is 288 g/mol. The first-order valence-corrected chi connectivity index (χ1v) is 7.67. The van der Waals surface area contributed by atoms with Gasteiger partial charge >= 0.3 is 5.97 Å². The number of aromatic nitrogens is 1. The van der Waals surface area contributed by atoms with Crippen LogP contribution in [0.25, 0.3) is 10.2 Å². The molecule has 0 aliphatic carbocycles.